The average Bonchev–Trinajstić information content (AvgIpc) is 2.71. The van der Waals surface area contributed by atoms with Crippen LogP contribution in [-0.2, 0) is 0 Å². The molecule has 0 saturated carbocycles. The second-order valence-electron chi connectivity index (χ2n) is 3.08. The molecule has 0 bridgehead atoms. The first-order valence-electron chi connectivity index (χ1n) is 4.34. The Morgan fingerprint density at radius 1 is 1.14 bits per heavy atom. The number of H-pyrrole nitrogens is 1. The normalized spacial score (nSPS) is 12.7. The van der Waals surface area contributed by atoms with E-state index in [1.807, 2.05) is 24.3 Å². The molecule has 1 aromatic heterocycles. The molecule has 0 aliphatic heterocycles. The second-order valence-corrected chi connectivity index (χ2v) is 3.52. The summed E-state index contributed by atoms with van der Waals surface area (Å²) in [6.45, 7) is 0. The third-order valence-corrected chi connectivity index (χ3v) is 2.35. The predicted octanol–water partition coefficient (Wildman–Crippen LogP) is 2.75. The molecule has 1 heterocycles. The van der Waals surface area contributed by atoms with Gasteiger partial charge in [-0.25, -0.2) is 0 Å². The number of benzene rings is 1. The van der Waals surface area contributed by atoms with Crippen LogP contribution in [0.3, 0.4) is 0 Å². The molecule has 0 aliphatic rings. The maximum Gasteiger partial charge on any atom is 0.119 e. The van der Waals surface area contributed by atoms with Crippen molar-refractivity contribution >= 4 is 11.6 Å². The molecule has 1 aromatic carbocycles. The molecule has 3 heteroatoms. The molecule has 0 aliphatic carbocycles. The zero-order valence-electron chi connectivity index (χ0n) is 7.44. The first-order valence-corrected chi connectivity index (χ1v) is 4.72. The zero-order valence-corrected chi connectivity index (χ0v) is 8.20. The van der Waals surface area contributed by atoms with Crippen molar-refractivity contribution in [1.29, 1.82) is 0 Å². The Hall–Kier alpha value is -1.25. The maximum atomic E-state index is 9.90. The fourth-order valence-electron chi connectivity index (χ4n) is 1.34. The molecule has 0 radical (unpaired) electrons. The number of rotatable bonds is 2. The standard InChI is InChI=1S/C11H10ClNO/c12-9-5-3-8(4-6-9)11(14)10-2-1-7-13-10/h1-7,11,13-14H. The Labute approximate surface area is 87.2 Å². The summed E-state index contributed by atoms with van der Waals surface area (Å²) in [5.41, 5.74) is 1.61. The molecular weight excluding hydrogens is 198 g/mol. The summed E-state index contributed by atoms with van der Waals surface area (Å²) in [5.74, 6) is 0. The second kappa shape index (κ2) is 3.86. The highest BCUT2D eigenvalue weighted by Gasteiger charge is 2.09. The highest BCUT2D eigenvalue weighted by Crippen LogP contribution is 2.21. The van der Waals surface area contributed by atoms with Crippen molar-refractivity contribution in [2.75, 3.05) is 0 Å². The van der Waals surface area contributed by atoms with Gasteiger partial charge < -0.3 is 10.1 Å². The molecule has 0 spiro atoms. The number of aromatic amines is 1. The number of hydrogen-bond donors (Lipinski definition) is 2. The number of nitrogens with one attached hydrogen (secondary N) is 1. The van der Waals surface area contributed by atoms with Crippen molar-refractivity contribution < 1.29 is 5.11 Å². The summed E-state index contributed by atoms with van der Waals surface area (Å²) in [5, 5.41) is 10.6. The van der Waals surface area contributed by atoms with E-state index in [9.17, 15) is 5.11 Å². The highest BCUT2D eigenvalue weighted by molar-refractivity contribution is 6.30. The van der Waals surface area contributed by atoms with E-state index >= 15 is 0 Å². The van der Waals surface area contributed by atoms with E-state index in [4.69, 9.17) is 11.6 Å². The molecule has 0 saturated heterocycles. The summed E-state index contributed by atoms with van der Waals surface area (Å²) < 4.78 is 0. The Morgan fingerprint density at radius 3 is 2.43 bits per heavy atom. The van der Waals surface area contributed by atoms with Crippen molar-refractivity contribution in [3.05, 3.63) is 58.9 Å². The van der Waals surface area contributed by atoms with Gasteiger partial charge >= 0.3 is 0 Å². The molecule has 0 fully saturated rings. The third-order valence-electron chi connectivity index (χ3n) is 2.10. The van der Waals surface area contributed by atoms with Gasteiger partial charge in [-0.3, -0.25) is 0 Å². The maximum absolute atomic E-state index is 9.90. The lowest BCUT2D eigenvalue weighted by Gasteiger charge is -2.08. The molecule has 2 aromatic rings. The number of aromatic nitrogens is 1. The quantitative estimate of drug-likeness (QED) is 0.781. The number of aliphatic hydroxyl groups is 1. The van der Waals surface area contributed by atoms with Gasteiger partial charge in [-0.1, -0.05) is 23.7 Å². The molecule has 72 valence electrons. The van der Waals surface area contributed by atoms with Gasteiger partial charge in [0.15, 0.2) is 0 Å². The Bertz CT molecular complexity index is 394. The number of aliphatic hydroxyl groups excluding tert-OH is 1. The molecule has 1 atom stereocenters. The van der Waals surface area contributed by atoms with Gasteiger partial charge in [0.05, 0.1) is 0 Å². The van der Waals surface area contributed by atoms with Crippen LogP contribution in [0, 0.1) is 0 Å². The van der Waals surface area contributed by atoms with Crippen LogP contribution in [-0.4, -0.2) is 10.1 Å². The SMILES string of the molecule is OC(c1ccc(Cl)cc1)c1ccc[nH]1. The van der Waals surface area contributed by atoms with Crippen LogP contribution in [0.5, 0.6) is 0 Å². The smallest absolute Gasteiger partial charge is 0.119 e. The van der Waals surface area contributed by atoms with Gasteiger partial charge in [-0.2, -0.15) is 0 Å². The number of hydrogen-bond acceptors (Lipinski definition) is 1. The van der Waals surface area contributed by atoms with E-state index < -0.39 is 6.10 Å². The van der Waals surface area contributed by atoms with Crippen molar-refractivity contribution in [3.63, 3.8) is 0 Å². The van der Waals surface area contributed by atoms with E-state index in [0.717, 1.165) is 11.3 Å². The van der Waals surface area contributed by atoms with Gasteiger partial charge in [0.1, 0.15) is 6.10 Å². The molecule has 0 amide bonds. The summed E-state index contributed by atoms with van der Waals surface area (Å²) in [4.78, 5) is 2.97. The highest BCUT2D eigenvalue weighted by atomic mass is 35.5. The van der Waals surface area contributed by atoms with E-state index in [-0.39, 0.29) is 0 Å². The van der Waals surface area contributed by atoms with E-state index in [0.29, 0.717) is 5.02 Å². The summed E-state index contributed by atoms with van der Waals surface area (Å²) in [7, 11) is 0. The van der Waals surface area contributed by atoms with Crippen LogP contribution < -0.4 is 0 Å². The van der Waals surface area contributed by atoms with Crippen LogP contribution in [0.1, 0.15) is 17.4 Å². The van der Waals surface area contributed by atoms with Gasteiger partial charge in [0.2, 0.25) is 0 Å². The van der Waals surface area contributed by atoms with E-state index in [1.165, 1.54) is 0 Å². The van der Waals surface area contributed by atoms with Crippen LogP contribution in [0.25, 0.3) is 0 Å². The van der Waals surface area contributed by atoms with Crippen LogP contribution >= 0.6 is 11.6 Å². The van der Waals surface area contributed by atoms with Crippen molar-refractivity contribution in [3.8, 4) is 0 Å². The van der Waals surface area contributed by atoms with Crippen LogP contribution in [0.15, 0.2) is 42.6 Å². The minimum Gasteiger partial charge on any atom is -0.382 e. The third kappa shape index (κ3) is 1.81. The first kappa shape index (κ1) is 9.31. The van der Waals surface area contributed by atoms with Crippen LogP contribution in [0.4, 0.5) is 0 Å². The minimum absolute atomic E-state index is 0.609. The predicted molar refractivity (Wildman–Crippen MR) is 56.3 cm³/mol. The Kier molecular flexibility index (Phi) is 2.57. The van der Waals surface area contributed by atoms with Gasteiger partial charge in [-0.05, 0) is 29.8 Å². The zero-order chi connectivity index (χ0) is 9.97. The number of halogens is 1. The molecule has 2 rings (SSSR count). The van der Waals surface area contributed by atoms with E-state index in [1.54, 1.807) is 18.3 Å². The van der Waals surface area contributed by atoms with Crippen LogP contribution in [0.2, 0.25) is 5.02 Å². The van der Waals surface area contributed by atoms with Gasteiger partial charge in [-0.15, -0.1) is 0 Å². The Balaban J connectivity index is 2.28. The minimum atomic E-state index is -0.609. The molecular formula is C11H10ClNO. The topological polar surface area (TPSA) is 36.0 Å². The fourth-order valence-corrected chi connectivity index (χ4v) is 1.46. The lowest BCUT2D eigenvalue weighted by molar-refractivity contribution is 0.216. The summed E-state index contributed by atoms with van der Waals surface area (Å²) >= 11 is 5.75. The monoisotopic (exact) mass is 207 g/mol. The first-order chi connectivity index (χ1) is 6.77. The van der Waals surface area contributed by atoms with Crippen molar-refractivity contribution in [2.45, 2.75) is 6.10 Å². The molecule has 14 heavy (non-hydrogen) atoms. The Morgan fingerprint density at radius 2 is 1.86 bits per heavy atom. The lowest BCUT2D eigenvalue weighted by Crippen LogP contribution is -1.99. The van der Waals surface area contributed by atoms with Gasteiger partial charge in [0, 0.05) is 16.9 Å². The molecule has 2 nitrogen and oxygen atoms in total. The fraction of sp³-hybridized carbons (Fsp3) is 0.0909. The van der Waals surface area contributed by atoms with E-state index in [2.05, 4.69) is 4.98 Å². The van der Waals surface area contributed by atoms with Crippen molar-refractivity contribution in [2.24, 2.45) is 0 Å². The molecule has 1 unspecified atom stereocenters. The van der Waals surface area contributed by atoms with Crippen molar-refractivity contribution in [1.82, 2.24) is 4.98 Å². The molecule has 2 N–H and O–H groups in total. The average molecular weight is 208 g/mol. The lowest BCUT2D eigenvalue weighted by atomic mass is 10.1. The van der Waals surface area contributed by atoms with Gasteiger partial charge in [0.25, 0.3) is 0 Å². The largest absolute Gasteiger partial charge is 0.382 e. The summed E-state index contributed by atoms with van der Waals surface area (Å²) in [6, 6.07) is 10.9. The summed E-state index contributed by atoms with van der Waals surface area (Å²) in [6.07, 6.45) is 1.18.